The van der Waals surface area contributed by atoms with Gasteiger partial charge < -0.3 is 15.5 Å². The molecule has 126 valence electrons. The van der Waals surface area contributed by atoms with Crippen molar-refractivity contribution in [2.75, 3.05) is 50.8 Å². The number of thioether (sulfide) groups is 1. The molecule has 0 spiro atoms. The highest BCUT2D eigenvalue weighted by Crippen LogP contribution is 2.07. The molecule has 0 radical (unpaired) electrons. The maximum atomic E-state index is 11.9. The molecule has 1 aliphatic rings. The summed E-state index contributed by atoms with van der Waals surface area (Å²) in [4.78, 5) is 26.1. The molecule has 6 heteroatoms. The van der Waals surface area contributed by atoms with Gasteiger partial charge in [-0.05, 0) is 13.0 Å². The lowest BCUT2D eigenvalue weighted by Crippen LogP contribution is -2.44. The van der Waals surface area contributed by atoms with Crippen LogP contribution in [-0.4, -0.2) is 67.4 Å². The first-order valence-electron chi connectivity index (χ1n) is 8.11. The molecular weight excluding hydrogens is 310 g/mol. The van der Waals surface area contributed by atoms with E-state index in [-0.39, 0.29) is 11.7 Å². The summed E-state index contributed by atoms with van der Waals surface area (Å²) in [6.45, 7) is 6.02. The van der Waals surface area contributed by atoms with Gasteiger partial charge >= 0.3 is 0 Å². The van der Waals surface area contributed by atoms with E-state index in [0.717, 1.165) is 39.1 Å². The third kappa shape index (κ3) is 7.16. The van der Waals surface area contributed by atoms with Gasteiger partial charge in [0.05, 0.1) is 11.5 Å². The van der Waals surface area contributed by atoms with Crippen molar-refractivity contribution < 1.29 is 9.59 Å². The molecule has 0 atom stereocenters. The largest absolute Gasteiger partial charge is 0.355 e. The molecule has 1 aliphatic heterocycles. The van der Waals surface area contributed by atoms with Gasteiger partial charge in [-0.15, -0.1) is 11.8 Å². The summed E-state index contributed by atoms with van der Waals surface area (Å²) >= 11 is 1.37. The number of nitrogens with zero attached hydrogens (tertiary/aromatic N) is 1. The summed E-state index contributed by atoms with van der Waals surface area (Å²) in [5.41, 5.74) is 0.705. The van der Waals surface area contributed by atoms with Crippen molar-refractivity contribution in [1.82, 2.24) is 15.5 Å². The van der Waals surface area contributed by atoms with Gasteiger partial charge in [-0.2, -0.15) is 0 Å². The van der Waals surface area contributed by atoms with E-state index in [9.17, 15) is 9.59 Å². The highest BCUT2D eigenvalue weighted by atomic mass is 32.2. The zero-order chi connectivity index (χ0) is 16.3. The molecule has 0 unspecified atom stereocenters. The van der Waals surface area contributed by atoms with Crippen molar-refractivity contribution in [1.29, 1.82) is 0 Å². The summed E-state index contributed by atoms with van der Waals surface area (Å²) in [5.74, 6) is 0.767. The van der Waals surface area contributed by atoms with Crippen molar-refractivity contribution in [2.45, 2.75) is 6.42 Å². The zero-order valence-corrected chi connectivity index (χ0v) is 14.2. The Morgan fingerprint density at radius 3 is 2.61 bits per heavy atom. The third-order valence-electron chi connectivity index (χ3n) is 3.74. The van der Waals surface area contributed by atoms with Crippen LogP contribution in [0.5, 0.6) is 0 Å². The normalized spacial score (nSPS) is 15.3. The standard InChI is InChI=1S/C17H25N3O2S/c21-16(15-5-2-1-3-6-15)13-23-14-17(22)19-7-4-10-20-11-8-18-9-12-20/h1-3,5-6,18H,4,7-14H2,(H,19,22). The molecule has 0 bridgehead atoms. The van der Waals surface area contributed by atoms with Gasteiger partial charge in [-0.1, -0.05) is 30.3 Å². The highest BCUT2D eigenvalue weighted by Gasteiger charge is 2.09. The minimum absolute atomic E-state index is 0.0103. The number of Topliss-reactive ketones (excluding diaryl/α,β-unsaturated/α-hetero) is 1. The van der Waals surface area contributed by atoms with E-state index in [1.165, 1.54) is 11.8 Å². The first-order chi connectivity index (χ1) is 11.3. The van der Waals surface area contributed by atoms with Crippen LogP contribution in [0.3, 0.4) is 0 Å². The van der Waals surface area contributed by atoms with Crippen LogP contribution in [0.15, 0.2) is 30.3 Å². The summed E-state index contributed by atoms with van der Waals surface area (Å²) in [7, 11) is 0. The van der Waals surface area contributed by atoms with Crippen LogP contribution in [0.1, 0.15) is 16.8 Å². The quantitative estimate of drug-likeness (QED) is 0.521. The molecular formula is C17H25N3O2S. The number of carbonyl (C=O) groups excluding carboxylic acids is 2. The van der Waals surface area contributed by atoms with Crippen LogP contribution in [-0.2, 0) is 4.79 Å². The lowest BCUT2D eigenvalue weighted by molar-refractivity contribution is -0.118. The number of amides is 1. The Hall–Kier alpha value is -1.37. The average molecular weight is 335 g/mol. The van der Waals surface area contributed by atoms with Gasteiger partial charge in [0.2, 0.25) is 5.91 Å². The number of hydrogen-bond donors (Lipinski definition) is 2. The fourth-order valence-corrected chi connectivity index (χ4v) is 3.20. The Balaban J connectivity index is 1.50. The van der Waals surface area contributed by atoms with Gasteiger partial charge in [0.15, 0.2) is 5.78 Å². The second kappa shape index (κ2) is 10.4. The molecule has 1 heterocycles. The van der Waals surface area contributed by atoms with Gasteiger partial charge in [-0.25, -0.2) is 0 Å². The van der Waals surface area contributed by atoms with Crippen molar-refractivity contribution in [2.24, 2.45) is 0 Å². The van der Waals surface area contributed by atoms with Crippen LogP contribution < -0.4 is 10.6 Å². The van der Waals surface area contributed by atoms with E-state index in [4.69, 9.17) is 0 Å². The fourth-order valence-electron chi connectivity index (χ4n) is 2.46. The maximum Gasteiger partial charge on any atom is 0.230 e. The molecule has 1 saturated heterocycles. The zero-order valence-electron chi connectivity index (χ0n) is 13.4. The third-order valence-corrected chi connectivity index (χ3v) is 4.68. The van der Waals surface area contributed by atoms with E-state index < -0.39 is 0 Å². The Bertz CT molecular complexity index is 490. The van der Waals surface area contributed by atoms with Crippen molar-refractivity contribution >= 4 is 23.5 Å². The molecule has 5 nitrogen and oxygen atoms in total. The number of nitrogens with one attached hydrogen (secondary N) is 2. The monoisotopic (exact) mass is 335 g/mol. The summed E-state index contributed by atoms with van der Waals surface area (Å²) < 4.78 is 0. The van der Waals surface area contributed by atoms with E-state index in [1.54, 1.807) is 12.1 Å². The topological polar surface area (TPSA) is 61.4 Å². The van der Waals surface area contributed by atoms with Crippen molar-refractivity contribution in [3.05, 3.63) is 35.9 Å². The van der Waals surface area contributed by atoms with Gasteiger partial charge in [0, 0.05) is 38.3 Å². The molecule has 2 N–H and O–H groups in total. The number of benzene rings is 1. The molecule has 0 saturated carbocycles. The minimum Gasteiger partial charge on any atom is -0.355 e. The lowest BCUT2D eigenvalue weighted by Gasteiger charge is -2.27. The maximum absolute atomic E-state index is 11.9. The minimum atomic E-state index is 0.0103. The van der Waals surface area contributed by atoms with Crippen LogP contribution >= 0.6 is 11.8 Å². The van der Waals surface area contributed by atoms with E-state index in [1.807, 2.05) is 18.2 Å². The van der Waals surface area contributed by atoms with E-state index in [2.05, 4.69) is 15.5 Å². The first kappa shape index (κ1) is 18.0. The Labute approximate surface area is 142 Å². The fraction of sp³-hybridized carbons (Fsp3) is 0.529. The van der Waals surface area contributed by atoms with Crippen LogP contribution in [0.2, 0.25) is 0 Å². The predicted octanol–water partition coefficient (Wildman–Crippen LogP) is 1.01. The average Bonchev–Trinajstić information content (AvgIpc) is 2.60. The molecule has 1 aromatic carbocycles. The van der Waals surface area contributed by atoms with Gasteiger partial charge in [-0.3, -0.25) is 9.59 Å². The summed E-state index contributed by atoms with van der Waals surface area (Å²) in [6.07, 6.45) is 0.972. The molecule has 23 heavy (non-hydrogen) atoms. The number of piperazine rings is 1. The smallest absolute Gasteiger partial charge is 0.230 e. The van der Waals surface area contributed by atoms with Crippen LogP contribution in [0.4, 0.5) is 0 Å². The van der Waals surface area contributed by atoms with E-state index in [0.29, 0.717) is 23.6 Å². The lowest BCUT2D eigenvalue weighted by atomic mass is 10.2. The van der Waals surface area contributed by atoms with Gasteiger partial charge in [0.25, 0.3) is 0 Å². The highest BCUT2D eigenvalue weighted by molar-refractivity contribution is 8.00. The van der Waals surface area contributed by atoms with Crippen molar-refractivity contribution in [3.63, 3.8) is 0 Å². The Morgan fingerprint density at radius 2 is 1.87 bits per heavy atom. The second-order valence-electron chi connectivity index (χ2n) is 5.58. The van der Waals surface area contributed by atoms with Crippen LogP contribution in [0.25, 0.3) is 0 Å². The molecule has 1 amide bonds. The Kier molecular flexibility index (Phi) is 8.14. The van der Waals surface area contributed by atoms with Gasteiger partial charge in [0.1, 0.15) is 0 Å². The molecule has 2 rings (SSSR count). The first-order valence-corrected chi connectivity index (χ1v) is 9.27. The molecule has 1 fully saturated rings. The van der Waals surface area contributed by atoms with E-state index >= 15 is 0 Å². The Morgan fingerprint density at radius 1 is 1.13 bits per heavy atom. The number of ketones is 1. The molecule has 0 aliphatic carbocycles. The number of rotatable bonds is 9. The van der Waals surface area contributed by atoms with Crippen LogP contribution in [0, 0.1) is 0 Å². The summed E-state index contributed by atoms with van der Waals surface area (Å²) in [6, 6.07) is 9.20. The SMILES string of the molecule is O=C(CSCC(=O)c1ccccc1)NCCCN1CCNCC1. The second-order valence-corrected chi connectivity index (χ2v) is 6.56. The number of hydrogen-bond acceptors (Lipinski definition) is 5. The predicted molar refractivity (Wildman–Crippen MR) is 95.0 cm³/mol. The van der Waals surface area contributed by atoms with Crippen molar-refractivity contribution in [3.8, 4) is 0 Å². The summed E-state index contributed by atoms with van der Waals surface area (Å²) in [5, 5.41) is 6.25. The number of carbonyl (C=O) groups is 2. The molecule has 0 aromatic heterocycles. The molecule has 1 aromatic rings.